The van der Waals surface area contributed by atoms with Gasteiger partial charge in [0.05, 0.1) is 5.56 Å². The van der Waals surface area contributed by atoms with Crippen molar-refractivity contribution in [3.63, 3.8) is 0 Å². The molecule has 0 saturated heterocycles. The Balaban J connectivity index is 1.77. The molecule has 1 unspecified atom stereocenters. The summed E-state index contributed by atoms with van der Waals surface area (Å²) in [7, 11) is -1.00. The van der Waals surface area contributed by atoms with Crippen LogP contribution in [0.15, 0.2) is 53.9 Å². The average molecular weight is 424 g/mol. The SMILES string of the molecule is CS(=O)Cc1cccc(NC(=O)c2csc(-c3cccc(C(F)(F)F)c3)n2)c1. The minimum absolute atomic E-state index is 0.113. The van der Waals surface area contributed by atoms with Crippen LogP contribution in [0.3, 0.4) is 0 Å². The van der Waals surface area contributed by atoms with E-state index in [0.717, 1.165) is 29.0 Å². The monoisotopic (exact) mass is 424 g/mol. The van der Waals surface area contributed by atoms with E-state index in [1.807, 2.05) is 6.07 Å². The van der Waals surface area contributed by atoms with E-state index in [2.05, 4.69) is 10.3 Å². The minimum atomic E-state index is -4.44. The number of amides is 1. The van der Waals surface area contributed by atoms with Gasteiger partial charge in [-0.15, -0.1) is 11.3 Å². The van der Waals surface area contributed by atoms with Gasteiger partial charge in [-0.1, -0.05) is 24.3 Å². The zero-order valence-electron chi connectivity index (χ0n) is 14.6. The van der Waals surface area contributed by atoms with Crippen molar-refractivity contribution >= 4 is 33.7 Å². The Morgan fingerprint density at radius 2 is 1.93 bits per heavy atom. The van der Waals surface area contributed by atoms with Gasteiger partial charge in [0.2, 0.25) is 0 Å². The average Bonchev–Trinajstić information content (AvgIpc) is 3.11. The molecule has 0 aliphatic rings. The standard InChI is InChI=1S/C19H15F3N2O2S2/c1-28(26)11-12-4-2-7-15(8-12)23-17(25)16-10-27-18(24-16)13-5-3-6-14(9-13)19(20,21)22/h2-10H,11H2,1H3,(H,23,25). The second-order valence-corrected chi connectivity index (χ2v) is 8.28. The number of thiazole rings is 1. The molecule has 0 aliphatic heterocycles. The molecule has 0 fully saturated rings. The van der Waals surface area contributed by atoms with Crippen LogP contribution in [-0.4, -0.2) is 21.4 Å². The maximum absolute atomic E-state index is 12.9. The molecule has 9 heteroatoms. The van der Waals surface area contributed by atoms with Crippen molar-refractivity contribution in [2.75, 3.05) is 11.6 Å². The van der Waals surface area contributed by atoms with Crippen LogP contribution >= 0.6 is 11.3 Å². The van der Waals surface area contributed by atoms with Crippen molar-refractivity contribution in [1.82, 2.24) is 4.98 Å². The molecular weight excluding hydrogens is 409 g/mol. The fourth-order valence-corrected chi connectivity index (χ4v) is 3.95. The predicted molar refractivity (Wildman–Crippen MR) is 105 cm³/mol. The number of carbonyl (C=O) groups excluding carboxylic acids is 1. The topological polar surface area (TPSA) is 59.1 Å². The summed E-state index contributed by atoms with van der Waals surface area (Å²) in [4.78, 5) is 16.6. The van der Waals surface area contributed by atoms with E-state index in [0.29, 0.717) is 22.0 Å². The first-order valence-corrected chi connectivity index (χ1v) is 10.7. The smallest absolute Gasteiger partial charge is 0.321 e. The first kappa shape index (κ1) is 20.2. The van der Waals surface area contributed by atoms with E-state index >= 15 is 0 Å². The number of carbonyl (C=O) groups is 1. The Morgan fingerprint density at radius 1 is 1.18 bits per heavy atom. The molecule has 28 heavy (non-hydrogen) atoms. The number of benzene rings is 2. The van der Waals surface area contributed by atoms with Crippen LogP contribution < -0.4 is 5.32 Å². The molecule has 1 N–H and O–H groups in total. The highest BCUT2D eigenvalue weighted by Gasteiger charge is 2.30. The Hall–Kier alpha value is -2.52. The largest absolute Gasteiger partial charge is 0.416 e. The number of rotatable bonds is 5. The second kappa shape index (κ2) is 8.24. The van der Waals surface area contributed by atoms with Gasteiger partial charge in [0.25, 0.3) is 5.91 Å². The molecule has 0 bridgehead atoms. The number of hydrogen-bond acceptors (Lipinski definition) is 4. The summed E-state index contributed by atoms with van der Waals surface area (Å²) < 4.78 is 49.9. The highest BCUT2D eigenvalue weighted by atomic mass is 32.2. The summed E-state index contributed by atoms with van der Waals surface area (Å²) in [6.45, 7) is 0. The first-order chi connectivity index (χ1) is 13.2. The third kappa shape index (κ3) is 5.05. The van der Waals surface area contributed by atoms with Crippen molar-refractivity contribution < 1.29 is 22.2 Å². The van der Waals surface area contributed by atoms with Gasteiger partial charge in [-0.05, 0) is 29.8 Å². The third-order valence-corrected chi connectivity index (χ3v) is 5.36. The van der Waals surface area contributed by atoms with Crippen LogP contribution in [0.25, 0.3) is 10.6 Å². The number of hydrogen-bond donors (Lipinski definition) is 1. The summed E-state index contributed by atoms with van der Waals surface area (Å²) in [5.41, 5.74) is 0.993. The summed E-state index contributed by atoms with van der Waals surface area (Å²) >= 11 is 1.09. The molecule has 0 spiro atoms. The zero-order valence-corrected chi connectivity index (χ0v) is 16.3. The van der Waals surface area contributed by atoms with Crippen LogP contribution in [0.5, 0.6) is 0 Å². The van der Waals surface area contributed by atoms with E-state index in [1.165, 1.54) is 17.5 Å². The Labute approximate surface area is 165 Å². The number of nitrogens with one attached hydrogen (secondary N) is 1. The fraction of sp³-hybridized carbons (Fsp3) is 0.158. The summed E-state index contributed by atoms with van der Waals surface area (Å²) in [6.07, 6.45) is -2.85. The van der Waals surface area contributed by atoms with E-state index in [-0.39, 0.29) is 5.69 Å². The van der Waals surface area contributed by atoms with Crippen molar-refractivity contribution in [2.45, 2.75) is 11.9 Å². The number of anilines is 1. The van der Waals surface area contributed by atoms with E-state index in [1.54, 1.807) is 24.5 Å². The molecule has 1 atom stereocenters. The Morgan fingerprint density at radius 3 is 2.64 bits per heavy atom. The predicted octanol–water partition coefficient (Wildman–Crippen LogP) is 4.96. The minimum Gasteiger partial charge on any atom is -0.321 e. The Kier molecular flexibility index (Phi) is 5.95. The molecule has 2 aromatic carbocycles. The Bertz CT molecular complexity index is 1030. The van der Waals surface area contributed by atoms with Crippen LogP contribution in [-0.2, 0) is 22.7 Å². The van der Waals surface area contributed by atoms with Gasteiger partial charge >= 0.3 is 6.18 Å². The number of aromatic nitrogens is 1. The molecule has 0 aliphatic carbocycles. The van der Waals surface area contributed by atoms with Gasteiger partial charge in [-0.25, -0.2) is 4.98 Å². The summed E-state index contributed by atoms with van der Waals surface area (Å²) in [5, 5.41) is 4.52. The van der Waals surface area contributed by atoms with Crippen LogP contribution in [0, 0.1) is 0 Å². The number of halogens is 3. The lowest BCUT2D eigenvalue weighted by Gasteiger charge is -2.07. The molecule has 1 amide bonds. The van der Waals surface area contributed by atoms with Crippen molar-refractivity contribution in [2.24, 2.45) is 0 Å². The van der Waals surface area contributed by atoms with Gasteiger partial charge in [0.15, 0.2) is 0 Å². The number of nitrogens with zero attached hydrogens (tertiary/aromatic N) is 1. The quantitative estimate of drug-likeness (QED) is 0.630. The van der Waals surface area contributed by atoms with Gasteiger partial charge in [-0.2, -0.15) is 13.2 Å². The molecule has 3 aromatic rings. The summed E-state index contributed by atoms with van der Waals surface area (Å²) in [5.74, 6) is -0.0932. The van der Waals surface area contributed by atoms with Crippen molar-refractivity contribution in [3.8, 4) is 10.6 Å². The van der Waals surface area contributed by atoms with Crippen molar-refractivity contribution in [3.05, 3.63) is 70.7 Å². The van der Waals surface area contributed by atoms with Crippen LogP contribution in [0.4, 0.5) is 18.9 Å². The maximum Gasteiger partial charge on any atom is 0.416 e. The molecule has 146 valence electrons. The molecule has 1 heterocycles. The second-order valence-electron chi connectivity index (χ2n) is 5.99. The number of alkyl halides is 3. The van der Waals surface area contributed by atoms with Gasteiger partial charge < -0.3 is 5.32 Å². The van der Waals surface area contributed by atoms with E-state index in [9.17, 15) is 22.2 Å². The van der Waals surface area contributed by atoms with Gasteiger partial charge in [0, 0.05) is 39.4 Å². The molecule has 1 aromatic heterocycles. The van der Waals surface area contributed by atoms with E-state index < -0.39 is 28.4 Å². The molecule has 0 saturated carbocycles. The lowest BCUT2D eigenvalue weighted by Crippen LogP contribution is -2.12. The van der Waals surface area contributed by atoms with Gasteiger partial charge in [-0.3, -0.25) is 9.00 Å². The summed E-state index contributed by atoms with van der Waals surface area (Å²) in [6, 6.07) is 11.8. The van der Waals surface area contributed by atoms with Gasteiger partial charge in [0.1, 0.15) is 10.7 Å². The van der Waals surface area contributed by atoms with E-state index in [4.69, 9.17) is 0 Å². The maximum atomic E-state index is 12.9. The highest BCUT2D eigenvalue weighted by molar-refractivity contribution is 7.83. The first-order valence-electron chi connectivity index (χ1n) is 8.06. The third-order valence-electron chi connectivity index (χ3n) is 3.73. The molecule has 0 radical (unpaired) electrons. The zero-order chi connectivity index (χ0) is 20.3. The fourth-order valence-electron chi connectivity index (χ4n) is 2.51. The van der Waals surface area contributed by atoms with Crippen LogP contribution in [0.2, 0.25) is 0 Å². The molecule has 4 nitrogen and oxygen atoms in total. The van der Waals surface area contributed by atoms with Crippen LogP contribution in [0.1, 0.15) is 21.6 Å². The lowest BCUT2D eigenvalue weighted by atomic mass is 10.1. The molecular formula is C19H15F3N2O2S2. The molecule has 3 rings (SSSR count). The lowest BCUT2D eigenvalue weighted by molar-refractivity contribution is -0.137. The van der Waals surface area contributed by atoms with Crippen molar-refractivity contribution in [1.29, 1.82) is 0 Å². The highest BCUT2D eigenvalue weighted by Crippen LogP contribution is 2.33. The normalized spacial score (nSPS) is 12.6.